The fourth-order valence-corrected chi connectivity index (χ4v) is 5.19. The molecule has 1 aromatic carbocycles. The number of aromatic nitrogens is 2. The van der Waals surface area contributed by atoms with Crippen molar-refractivity contribution in [2.45, 2.75) is 19.9 Å². The Morgan fingerprint density at radius 3 is 2.76 bits per heavy atom. The summed E-state index contributed by atoms with van der Waals surface area (Å²) in [6, 6.07) is 9.00. The molecule has 4 heterocycles. The van der Waals surface area contributed by atoms with E-state index in [1.165, 1.54) is 24.3 Å². The quantitative estimate of drug-likeness (QED) is 0.276. The van der Waals surface area contributed by atoms with E-state index in [1.807, 2.05) is 0 Å². The maximum Gasteiger partial charge on any atom is 0.350 e. The van der Waals surface area contributed by atoms with E-state index in [-0.39, 0.29) is 27.9 Å². The number of carbonyl (C=O) groups is 3. The molecule has 5 rings (SSSR count). The van der Waals surface area contributed by atoms with Gasteiger partial charge in [-0.1, -0.05) is 29.5 Å². The predicted octanol–water partition coefficient (Wildman–Crippen LogP) is 4.56. The fraction of sp³-hybridized carbons (Fsp3) is 0.192. The summed E-state index contributed by atoms with van der Waals surface area (Å²) in [5.74, 6) is -2.47. The van der Waals surface area contributed by atoms with Gasteiger partial charge in [0.2, 0.25) is 5.78 Å². The summed E-state index contributed by atoms with van der Waals surface area (Å²) < 4.78 is 16.2. The van der Waals surface area contributed by atoms with E-state index in [9.17, 15) is 19.5 Å². The monoisotopic (exact) mass is 519 g/mol. The molecule has 1 N–H and O–H groups in total. The Kier molecular flexibility index (Phi) is 6.22. The molecule has 0 spiro atoms. The van der Waals surface area contributed by atoms with E-state index >= 15 is 0 Å². The van der Waals surface area contributed by atoms with E-state index in [0.29, 0.717) is 28.0 Å². The number of rotatable bonds is 7. The summed E-state index contributed by atoms with van der Waals surface area (Å²) in [5, 5.41) is 11.7. The third-order valence-corrected chi connectivity index (χ3v) is 6.99. The van der Waals surface area contributed by atoms with Crippen molar-refractivity contribution in [3.8, 4) is 5.75 Å². The summed E-state index contributed by atoms with van der Waals surface area (Å²) in [6.45, 7) is 3.48. The molecular weight excluding hydrogens is 498 g/mol. The molecule has 37 heavy (non-hydrogen) atoms. The Morgan fingerprint density at radius 1 is 1.24 bits per heavy atom. The van der Waals surface area contributed by atoms with Gasteiger partial charge in [0.05, 0.1) is 31.0 Å². The first-order chi connectivity index (χ1) is 17.8. The number of amides is 1. The van der Waals surface area contributed by atoms with Gasteiger partial charge in [0.25, 0.3) is 5.91 Å². The van der Waals surface area contributed by atoms with Crippen molar-refractivity contribution in [3.63, 3.8) is 0 Å². The first-order valence-electron chi connectivity index (χ1n) is 11.3. The van der Waals surface area contributed by atoms with E-state index in [0.717, 1.165) is 11.3 Å². The number of aliphatic hydroxyl groups excluding tert-OH is 1. The fourth-order valence-electron chi connectivity index (χ4n) is 4.20. The molecule has 0 bridgehead atoms. The highest BCUT2D eigenvalue weighted by Gasteiger charge is 2.47. The Balaban J connectivity index is 1.63. The molecule has 1 aliphatic rings. The molecule has 0 saturated heterocycles. The van der Waals surface area contributed by atoms with Gasteiger partial charge in [0.1, 0.15) is 4.88 Å². The van der Waals surface area contributed by atoms with E-state index in [1.54, 1.807) is 50.4 Å². The number of nitrogens with zero attached hydrogens (tertiary/aromatic N) is 3. The lowest BCUT2D eigenvalue weighted by atomic mass is 9.96. The number of benzene rings is 1. The third-order valence-electron chi connectivity index (χ3n) is 5.86. The van der Waals surface area contributed by atoms with Crippen molar-refractivity contribution in [3.05, 3.63) is 82.0 Å². The Bertz CT molecular complexity index is 1570. The second kappa shape index (κ2) is 9.51. The van der Waals surface area contributed by atoms with Crippen LogP contribution in [-0.2, 0) is 9.53 Å². The van der Waals surface area contributed by atoms with Crippen molar-refractivity contribution < 1.29 is 33.4 Å². The minimum Gasteiger partial charge on any atom is -0.503 e. The third kappa shape index (κ3) is 4.02. The van der Waals surface area contributed by atoms with Gasteiger partial charge in [0.15, 0.2) is 28.0 Å². The summed E-state index contributed by atoms with van der Waals surface area (Å²) in [6.07, 6.45) is 3.04. The van der Waals surface area contributed by atoms with Crippen LogP contribution in [0.4, 0.5) is 5.13 Å². The summed E-state index contributed by atoms with van der Waals surface area (Å²) >= 11 is 0.937. The zero-order valence-electron chi connectivity index (χ0n) is 20.0. The maximum atomic E-state index is 13.8. The number of carbonyl (C=O) groups excluding carboxylic acids is 3. The Labute approximate surface area is 214 Å². The molecule has 10 nitrogen and oxygen atoms in total. The highest BCUT2D eigenvalue weighted by Crippen LogP contribution is 2.44. The van der Waals surface area contributed by atoms with Crippen LogP contribution in [0.3, 0.4) is 0 Å². The molecule has 1 aliphatic heterocycles. The van der Waals surface area contributed by atoms with Gasteiger partial charge < -0.3 is 19.0 Å². The number of Topliss-reactive ketones (excluding diaryl/α,β-unsaturated/α-hetero) is 1. The molecule has 1 unspecified atom stereocenters. The zero-order chi connectivity index (χ0) is 26.3. The molecule has 1 atom stereocenters. The molecule has 11 heteroatoms. The number of ether oxygens (including phenoxy) is 2. The van der Waals surface area contributed by atoms with Gasteiger partial charge in [-0.2, -0.15) is 0 Å². The first-order valence-corrected chi connectivity index (χ1v) is 12.1. The number of fused-ring (bicyclic) bond motifs is 1. The molecular formula is C26H21N3O7S. The summed E-state index contributed by atoms with van der Waals surface area (Å²) in [7, 11) is 1.49. The SMILES string of the molecule is CCOC(=O)c1sc(N2C(=O)C(O)=C(C(=O)c3cc4cccc(OC)c4o3)C2c2cccnc2)nc1C. The molecule has 0 fully saturated rings. The number of ketones is 1. The molecule has 0 saturated carbocycles. The molecule has 4 aromatic rings. The van der Waals surface area contributed by atoms with Crippen LogP contribution in [0.2, 0.25) is 0 Å². The number of para-hydroxylation sites is 1. The number of anilines is 1. The smallest absolute Gasteiger partial charge is 0.350 e. The molecule has 188 valence electrons. The van der Waals surface area contributed by atoms with Crippen molar-refractivity contribution >= 4 is 45.1 Å². The van der Waals surface area contributed by atoms with Crippen molar-refractivity contribution in [1.29, 1.82) is 0 Å². The van der Waals surface area contributed by atoms with Crippen LogP contribution >= 0.6 is 11.3 Å². The number of esters is 1. The van der Waals surface area contributed by atoms with Crippen LogP contribution in [0.5, 0.6) is 5.75 Å². The normalized spacial score (nSPS) is 15.5. The predicted molar refractivity (Wildman–Crippen MR) is 134 cm³/mol. The number of aliphatic hydroxyl groups is 1. The second-order valence-electron chi connectivity index (χ2n) is 8.08. The van der Waals surface area contributed by atoms with Crippen LogP contribution in [0.25, 0.3) is 11.0 Å². The standard InChI is InChI=1S/C26H21N3O7S/c1-4-35-25(33)23-13(2)28-26(37-23)29-19(15-8-6-10-27-12-15)18(21(31)24(29)32)20(30)17-11-14-7-5-9-16(34-3)22(14)36-17/h5-12,19,31H,4H2,1-3H3. The first kappa shape index (κ1) is 24.2. The highest BCUT2D eigenvalue weighted by atomic mass is 32.1. The number of hydrogen-bond donors (Lipinski definition) is 1. The van der Waals surface area contributed by atoms with Crippen molar-refractivity contribution in [2.75, 3.05) is 18.6 Å². The number of thiazole rings is 1. The largest absolute Gasteiger partial charge is 0.503 e. The van der Waals surface area contributed by atoms with Gasteiger partial charge in [-0.25, -0.2) is 9.78 Å². The Hall–Kier alpha value is -4.51. The van der Waals surface area contributed by atoms with E-state index in [2.05, 4.69) is 9.97 Å². The van der Waals surface area contributed by atoms with Crippen LogP contribution in [0.15, 0.2) is 64.5 Å². The number of pyridine rings is 1. The summed E-state index contributed by atoms with van der Waals surface area (Å²) in [5.41, 5.74) is 0.992. The van der Waals surface area contributed by atoms with Crippen LogP contribution in [0.1, 0.15) is 44.4 Å². The molecule has 0 aliphatic carbocycles. The van der Waals surface area contributed by atoms with E-state index < -0.39 is 29.5 Å². The maximum absolute atomic E-state index is 13.8. The number of methoxy groups -OCH3 is 1. The zero-order valence-corrected chi connectivity index (χ0v) is 20.9. The number of aryl methyl sites for hydroxylation is 1. The average Bonchev–Trinajstić information content (AvgIpc) is 3.58. The second-order valence-corrected chi connectivity index (χ2v) is 9.05. The van der Waals surface area contributed by atoms with Gasteiger partial charge in [-0.15, -0.1) is 0 Å². The lowest BCUT2D eigenvalue weighted by molar-refractivity contribution is -0.117. The average molecular weight is 520 g/mol. The minimum atomic E-state index is -1.07. The van der Waals surface area contributed by atoms with E-state index in [4.69, 9.17) is 13.9 Å². The summed E-state index contributed by atoms with van der Waals surface area (Å²) in [4.78, 5) is 49.4. The lowest BCUT2D eigenvalue weighted by Gasteiger charge is -2.23. The van der Waals surface area contributed by atoms with Crippen molar-refractivity contribution in [2.24, 2.45) is 0 Å². The molecule has 0 radical (unpaired) electrons. The van der Waals surface area contributed by atoms with Crippen LogP contribution in [-0.4, -0.2) is 46.5 Å². The number of furan rings is 1. The van der Waals surface area contributed by atoms with Crippen molar-refractivity contribution in [1.82, 2.24) is 9.97 Å². The lowest BCUT2D eigenvalue weighted by Crippen LogP contribution is -2.31. The van der Waals surface area contributed by atoms with Gasteiger partial charge >= 0.3 is 5.97 Å². The van der Waals surface area contributed by atoms with Gasteiger partial charge in [-0.05, 0) is 37.6 Å². The molecule has 1 amide bonds. The van der Waals surface area contributed by atoms with Gasteiger partial charge in [-0.3, -0.25) is 19.5 Å². The minimum absolute atomic E-state index is 0.0767. The highest BCUT2D eigenvalue weighted by molar-refractivity contribution is 7.17. The van der Waals surface area contributed by atoms with Gasteiger partial charge in [0, 0.05) is 17.8 Å². The molecule has 3 aromatic heterocycles. The van der Waals surface area contributed by atoms with Crippen LogP contribution in [0, 0.1) is 6.92 Å². The number of hydrogen-bond acceptors (Lipinski definition) is 10. The Morgan fingerprint density at radius 2 is 2.05 bits per heavy atom. The van der Waals surface area contributed by atoms with Crippen LogP contribution < -0.4 is 9.64 Å². The topological polar surface area (TPSA) is 132 Å².